The Morgan fingerprint density at radius 3 is 2.88 bits per heavy atom. The van der Waals surface area contributed by atoms with Gasteiger partial charge in [-0.15, -0.1) is 0 Å². The van der Waals surface area contributed by atoms with Crippen LogP contribution in [-0.4, -0.2) is 23.5 Å². The summed E-state index contributed by atoms with van der Waals surface area (Å²) < 4.78 is 0. The summed E-state index contributed by atoms with van der Waals surface area (Å²) in [6.07, 6.45) is 3.20. The van der Waals surface area contributed by atoms with Gasteiger partial charge < -0.3 is 10.6 Å². The van der Waals surface area contributed by atoms with Crippen LogP contribution in [0.3, 0.4) is 0 Å². The lowest BCUT2D eigenvalue weighted by atomic mass is 10.0. The van der Waals surface area contributed by atoms with Gasteiger partial charge in [0, 0.05) is 5.69 Å². The van der Waals surface area contributed by atoms with E-state index in [1.165, 1.54) is 0 Å². The summed E-state index contributed by atoms with van der Waals surface area (Å²) in [5, 5.41) is 6.18. The summed E-state index contributed by atoms with van der Waals surface area (Å²) in [5.74, 6) is 0.0541. The minimum absolute atomic E-state index is 0.0514. The SMILES string of the molecule is Cc1ccc(NC(=O)[C@H]2CCCCN2)c(C)n1. The van der Waals surface area contributed by atoms with Gasteiger partial charge in [0.05, 0.1) is 17.4 Å². The zero-order valence-electron chi connectivity index (χ0n) is 10.4. The molecule has 4 heteroatoms. The molecule has 1 aromatic heterocycles. The lowest BCUT2D eigenvalue weighted by molar-refractivity contribution is -0.118. The number of aryl methyl sites for hydroxylation is 2. The van der Waals surface area contributed by atoms with Crippen LogP contribution in [0.5, 0.6) is 0 Å². The van der Waals surface area contributed by atoms with Crippen LogP contribution in [0, 0.1) is 13.8 Å². The average molecular weight is 233 g/mol. The van der Waals surface area contributed by atoms with Gasteiger partial charge in [0.25, 0.3) is 0 Å². The average Bonchev–Trinajstić information content (AvgIpc) is 2.34. The van der Waals surface area contributed by atoms with Crippen molar-refractivity contribution < 1.29 is 4.79 Å². The number of nitrogens with zero attached hydrogens (tertiary/aromatic N) is 1. The zero-order valence-corrected chi connectivity index (χ0v) is 10.4. The molecule has 0 saturated carbocycles. The molecule has 0 bridgehead atoms. The van der Waals surface area contributed by atoms with Crippen molar-refractivity contribution in [1.29, 1.82) is 0 Å². The van der Waals surface area contributed by atoms with E-state index in [9.17, 15) is 4.79 Å². The van der Waals surface area contributed by atoms with Crippen LogP contribution in [0.4, 0.5) is 5.69 Å². The molecule has 1 saturated heterocycles. The van der Waals surface area contributed by atoms with Crippen molar-refractivity contribution in [3.05, 3.63) is 23.5 Å². The summed E-state index contributed by atoms with van der Waals surface area (Å²) in [7, 11) is 0. The second-order valence-electron chi connectivity index (χ2n) is 4.58. The predicted octanol–water partition coefficient (Wildman–Crippen LogP) is 1.78. The Labute approximate surface area is 102 Å². The molecule has 2 rings (SSSR count). The number of carbonyl (C=O) groups is 1. The molecule has 2 heterocycles. The van der Waals surface area contributed by atoms with Crippen LogP contribution in [0.1, 0.15) is 30.7 Å². The first-order valence-electron chi connectivity index (χ1n) is 6.15. The number of carbonyl (C=O) groups excluding carboxylic acids is 1. The number of pyridine rings is 1. The summed E-state index contributed by atoms with van der Waals surface area (Å²) >= 11 is 0. The topological polar surface area (TPSA) is 54.0 Å². The number of piperidine rings is 1. The van der Waals surface area contributed by atoms with Gasteiger partial charge in [0.15, 0.2) is 0 Å². The van der Waals surface area contributed by atoms with Crippen LogP contribution < -0.4 is 10.6 Å². The Morgan fingerprint density at radius 2 is 2.24 bits per heavy atom. The third-order valence-corrected chi connectivity index (χ3v) is 3.11. The van der Waals surface area contributed by atoms with Gasteiger partial charge in [0.1, 0.15) is 0 Å². The van der Waals surface area contributed by atoms with Crippen LogP contribution in [-0.2, 0) is 4.79 Å². The summed E-state index contributed by atoms with van der Waals surface area (Å²) in [6.45, 7) is 4.79. The highest BCUT2D eigenvalue weighted by Crippen LogP contribution is 2.14. The molecular formula is C13H19N3O. The molecule has 0 aromatic carbocycles. The number of aromatic nitrogens is 1. The van der Waals surface area contributed by atoms with Gasteiger partial charge in [-0.05, 0) is 45.4 Å². The number of nitrogens with one attached hydrogen (secondary N) is 2. The zero-order chi connectivity index (χ0) is 12.3. The number of amides is 1. The number of rotatable bonds is 2. The van der Waals surface area contributed by atoms with Crippen molar-refractivity contribution in [2.24, 2.45) is 0 Å². The summed E-state index contributed by atoms with van der Waals surface area (Å²) in [6, 6.07) is 3.78. The largest absolute Gasteiger partial charge is 0.323 e. The van der Waals surface area contributed by atoms with E-state index in [0.717, 1.165) is 42.9 Å². The molecular weight excluding hydrogens is 214 g/mol. The van der Waals surface area contributed by atoms with E-state index in [0.29, 0.717) is 0 Å². The molecule has 0 unspecified atom stereocenters. The number of anilines is 1. The molecule has 1 fully saturated rings. The molecule has 1 atom stereocenters. The highest BCUT2D eigenvalue weighted by Gasteiger charge is 2.20. The molecule has 0 spiro atoms. The maximum absolute atomic E-state index is 12.0. The smallest absolute Gasteiger partial charge is 0.241 e. The normalized spacial score (nSPS) is 20.0. The Kier molecular flexibility index (Phi) is 3.74. The molecule has 1 amide bonds. The van der Waals surface area contributed by atoms with E-state index >= 15 is 0 Å². The number of hydrogen-bond donors (Lipinski definition) is 2. The first kappa shape index (κ1) is 12.0. The van der Waals surface area contributed by atoms with Crippen molar-refractivity contribution in [3.63, 3.8) is 0 Å². The fourth-order valence-corrected chi connectivity index (χ4v) is 2.11. The second kappa shape index (κ2) is 5.27. The van der Waals surface area contributed by atoms with Crippen molar-refractivity contribution in [1.82, 2.24) is 10.3 Å². The Balaban J connectivity index is 2.02. The van der Waals surface area contributed by atoms with Crippen LogP contribution >= 0.6 is 0 Å². The van der Waals surface area contributed by atoms with Gasteiger partial charge in [-0.1, -0.05) is 6.42 Å². The fraction of sp³-hybridized carbons (Fsp3) is 0.538. The molecule has 2 N–H and O–H groups in total. The maximum atomic E-state index is 12.0. The van der Waals surface area contributed by atoms with E-state index in [2.05, 4.69) is 15.6 Å². The van der Waals surface area contributed by atoms with Gasteiger partial charge in [-0.2, -0.15) is 0 Å². The third-order valence-electron chi connectivity index (χ3n) is 3.11. The van der Waals surface area contributed by atoms with Crippen molar-refractivity contribution in [2.45, 2.75) is 39.2 Å². The van der Waals surface area contributed by atoms with E-state index < -0.39 is 0 Å². The maximum Gasteiger partial charge on any atom is 0.241 e. The van der Waals surface area contributed by atoms with Crippen LogP contribution in [0.2, 0.25) is 0 Å². The van der Waals surface area contributed by atoms with Crippen LogP contribution in [0.25, 0.3) is 0 Å². The molecule has 1 aromatic rings. The summed E-state index contributed by atoms with van der Waals surface area (Å²) in [5.41, 5.74) is 2.65. The quantitative estimate of drug-likeness (QED) is 0.818. The van der Waals surface area contributed by atoms with E-state index in [1.807, 2.05) is 26.0 Å². The van der Waals surface area contributed by atoms with E-state index in [4.69, 9.17) is 0 Å². The first-order valence-corrected chi connectivity index (χ1v) is 6.15. The van der Waals surface area contributed by atoms with Gasteiger partial charge in [-0.3, -0.25) is 9.78 Å². The Morgan fingerprint density at radius 1 is 1.41 bits per heavy atom. The van der Waals surface area contributed by atoms with Crippen molar-refractivity contribution >= 4 is 11.6 Å². The highest BCUT2D eigenvalue weighted by atomic mass is 16.2. The third kappa shape index (κ3) is 3.03. The summed E-state index contributed by atoms with van der Waals surface area (Å²) in [4.78, 5) is 16.3. The van der Waals surface area contributed by atoms with Gasteiger partial charge in [-0.25, -0.2) is 0 Å². The molecule has 1 aliphatic rings. The minimum atomic E-state index is -0.0514. The molecule has 0 radical (unpaired) electrons. The molecule has 17 heavy (non-hydrogen) atoms. The van der Waals surface area contributed by atoms with Crippen molar-refractivity contribution in [2.75, 3.05) is 11.9 Å². The van der Waals surface area contributed by atoms with Gasteiger partial charge >= 0.3 is 0 Å². The lowest BCUT2D eigenvalue weighted by Crippen LogP contribution is -2.43. The standard InChI is InChI=1S/C13H19N3O/c1-9-6-7-11(10(2)15-9)16-13(17)12-5-3-4-8-14-12/h6-7,12,14H,3-5,8H2,1-2H3,(H,16,17)/t12-/m1/s1. The van der Waals surface area contributed by atoms with Crippen LogP contribution in [0.15, 0.2) is 12.1 Å². The lowest BCUT2D eigenvalue weighted by Gasteiger charge is -2.22. The Bertz CT molecular complexity index is 411. The van der Waals surface area contributed by atoms with Gasteiger partial charge in [0.2, 0.25) is 5.91 Å². The number of hydrogen-bond acceptors (Lipinski definition) is 3. The Hall–Kier alpha value is -1.42. The minimum Gasteiger partial charge on any atom is -0.323 e. The van der Waals surface area contributed by atoms with E-state index in [-0.39, 0.29) is 11.9 Å². The first-order chi connectivity index (χ1) is 8.16. The van der Waals surface area contributed by atoms with E-state index in [1.54, 1.807) is 0 Å². The molecule has 1 aliphatic heterocycles. The monoisotopic (exact) mass is 233 g/mol. The molecule has 92 valence electrons. The molecule has 0 aliphatic carbocycles. The fourth-order valence-electron chi connectivity index (χ4n) is 2.11. The molecule has 4 nitrogen and oxygen atoms in total. The predicted molar refractivity (Wildman–Crippen MR) is 68.0 cm³/mol. The highest BCUT2D eigenvalue weighted by molar-refractivity contribution is 5.95. The van der Waals surface area contributed by atoms with Crippen molar-refractivity contribution in [3.8, 4) is 0 Å². The second-order valence-corrected chi connectivity index (χ2v) is 4.58.